The van der Waals surface area contributed by atoms with Crippen LogP contribution in [0, 0.1) is 5.82 Å². The van der Waals surface area contributed by atoms with Gasteiger partial charge in [-0.3, -0.25) is 0 Å². The zero-order valence-electron chi connectivity index (χ0n) is 16.3. The summed E-state index contributed by atoms with van der Waals surface area (Å²) in [6, 6.07) is 12.1. The quantitative estimate of drug-likeness (QED) is 0.274. The molecule has 0 fully saturated rings. The second kappa shape index (κ2) is 10.3. The van der Waals surface area contributed by atoms with Crippen molar-refractivity contribution < 1.29 is 18.7 Å². The molecule has 0 radical (unpaired) electrons. The molecule has 0 saturated carbocycles. The van der Waals surface area contributed by atoms with Gasteiger partial charge in [-0.15, -0.1) is 0 Å². The van der Waals surface area contributed by atoms with E-state index >= 15 is 0 Å². The average Bonchev–Trinajstić information content (AvgIpc) is 2.75. The molecule has 0 aliphatic carbocycles. The molecule has 0 aliphatic heterocycles. The van der Waals surface area contributed by atoms with Crippen LogP contribution in [0.4, 0.5) is 4.39 Å². The molecule has 5 nitrogen and oxygen atoms in total. The van der Waals surface area contributed by atoms with Crippen LogP contribution in [-0.4, -0.2) is 22.5 Å². The standard InChI is InChI=1S/C23H23FN2O3/c1-2-3-4-5-14-28-21-15-25-22(26-16-21)17-8-12-20(13-9-17)29-23(27)18-6-10-19(24)11-7-18/h6-13,15-16H,2-5,14H2,1H3. The highest BCUT2D eigenvalue weighted by molar-refractivity contribution is 5.91. The van der Waals surface area contributed by atoms with Crippen molar-refractivity contribution in [2.75, 3.05) is 6.61 Å². The lowest BCUT2D eigenvalue weighted by molar-refractivity contribution is 0.0734. The number of nitrogens with zero attached hydrogens (tertiary/aromatic N) is 2. The Morgan fingerprint density at radius 3 is 2.24 bits per heavy atom. The second-order valence-electron chi connectivity index (χ2n) is 6.57. The summed E-state index contributed by atoms with van der Waals surface area (Å²) < 4.78 is 23.9. The lowest BCUT2D eigenvalue weighted by atomic mass is 10.2. The normalized spacial score (nSPS) is 10.6. The summed E-state index contributed by atoms with van der Waals surface area (Å²) in [6.45, 7) is 2.84. The Labute approximate surface area is 169 Å². The topological polar surface area (TPSA) is 61.3 Å². The van der Waals surface area contributed by atoms with Gasteiger partial charge in [0.1, 0.15) is 11.6 Å². The minimum absolute atomic E-state index is 0.282. The molecule has 29 heavy (non-hydrogen) atoms. The number of ether oxygens (including phenoxy) is 2. The molecule has 0 bridgehead atoms. The zero-order chi connectivity index (χ0) is 20.5. The van der Waals surface area contributed by atoms with Gasteiger partial charge in [-0.05, 0) is 55.0 Å². The third-order valence-corrected chi connectivity index (χ3v) is 4.30. The predicted octanol–water partition coefficient (Wildman–Crippen LogP) is 5.46. The lowest BCUT2D eigenvalue weighted by Crippen LogP contribution is -2.08. The van der Waals surface area contributed by atoms with E-state index in [9.17, 15) is 9.18 Å². The van der Waals surface area contributed by atoms with Gasteiger partial charge in [0.25, 0.3) is 0 Å². The van der Waals surface area contributed by atoms with Crippen molar-refractivity contribution in [3.05, 3.63) is 72.3 Å². The Balaban J connectivity index is 1.55. The third kappa shape index (κ3) is 6.10. The summed E-state index contributed by atoms with van der Waals surface area (Å²) in [5.41, 5.74) is 1.07. The fraction of sp³-hybridized carbons (Fsp3) is 0.261. The van der Waals surface area contributed by atoms with Gasteiger partial charge in [-0.1, -0.05) is 26.2 Å². The molecule has 3 rings (SSSR count). The number of carbonyl (C=O) groups is 1. The summed E-state index contributed by atoms with van der Waals surface area (Å²) in [5, 5.41) is 0. The van der Waals surface area contributed by atoms with Crippen molar-refractivity contribution in [3.63, 3.8) is 0 Å². The molecule has 0 amide bonds. The van der Waals surface area contributed by atoms with Gasteiger partial charge < -0.3 is 9.47 Å². The first-order valence-electron chi connectivity index (χ1n) is 9.68. The van der Waals surface area contributed by atoms with Gasteiger partial charge in [-0.2, -0.15) is 0 Å². The minimum atomic E-state index is -0.547. The fourth-order valence-electron chi connectivity index (χ4n) is 2.68. The Hall–Kier alpha value is -3.28. The van der Waals surface area contributed by atoms with E-state index in [4.69, 9.17) is 9.47 Å². The molecule has 1 aromatic heterocycles. The van der Waals surface area contributed by atoms with Crippen molar-refractivity contribution in [2.24, 2.45) is 0 Å². The molecular weight excluding hydrogens is 371 g/mol. The molecule has 0 spiro atoms. The van der Waals surface area contributed by atoms with E-state index in [1.165, 1.54) is 37.1 Å². The molecule has 0 atom stereocenters. The van der Waals surface area contributed by atoms with Crippen molar-refractivity contribution in [3.8, 4) is 22.9 Å². The molecule has 6 heteroatoms. The van der Waals surface area contributed by atoms with Gasteiger partial charge in [0.15, 0.2) is 11.6 Å². The van der Waals surface area contributed by atoms with E-state index in [0.717, 1.165) is 18.4 Å². The van der Waals surface area contributed by atoms with Gasteiger partial charge in [-0.25, -0.2) is 19.2 Å². The molecule has 2 aromatic carbocycles. The van der Waals surface area contributed by atoms with Crippen LogP contribution in [0.25, 0.3) is 11.4 Å². The summed E-state index contributed by atoms with van der Waals surface area (Å²) in [6.07, 6.45) is 7.91. The first kappa shape index (κ1) is 20.5. The smallest absolute Gasteiger partial charge is 0.343 e. The van der Waals surface area contributed by atoms with Crippen LogP contribution in [-0.2, 0) is 0 Å². The highest BCUT2D eigenvalue weighted by Crippen LogP contribution is 2.21. The Kier molecular flexibility index (Phi) is 7.28. The number of esters is 1. The van der Waals surface area contributed by atoms with E-state index in [1.54, 1.807) is 36.7 Å². The Morgan fingerprint density at radius 1 is 0.897 bits per heavy atom. The molecule has 150 valence electrons. The number of hydrogen-bond acceptors (Lipinski definition) is 5. The first-order valence-corrected chi connectivity index (χ1v) is 9.68. The van der Waals surface area contributed by atoms with Crippen LogP contribution in [0.5, 0.6) is 11.5 Å². The largest absolute Gasteiger partial charge is 0.490 e. The number of aromatic nitrogens is 2. The van der Waals surface area contributed by atoms with Crippen LogP contribution < -0.4 is 9.47 Å². The summed E-state index contributed by atoms with van der Waals surface area (Å²) >= 11 is 0. The van der Waals surface area contributed by atoms with E-state index < -0.39 is 11.8 Å². The monoisotopic (exact) mass is 394 g/mol. The van der Waals surface area contributed by atoms with Crippen LogP contribution in [0.3, 0.4) is 0 Å². The molecule has 1 heterocycles. The van der Waals surface area contributed by atoms with E-state index in [0.29, 0.717) is 23.9 Å². The average molecular weight is 394 g/mol. The third-order valence-electron chi connectivity index (χ3n) is 4.30. The fourth-order valence-corrected chi connectivity index (χ4v) is 2.68. The van der Waals surface area contributed by atoms with Crippen molar-refractivity contribution in [1.82, 2.24) is 9.97 Å². The van der Waals surface area contributed by atoms with Gasteiger partial charge in [0.05, 0.1) is 24.6 Å². The number of hydrogen-bond donors (Lipinski definition) is 0. The number of unbranched alkanes of at least 4 members (excludes halogenated alkanes) is 3. The van der Waals surface area contributed by atoms with Crippen molar-refractivity contribution >= 4 is 5.97 Å². The second-order valence-corrected chi connectivity index (χ2v) is 6.57. The molecule has 0 unspecified atom stereocenters. The van der Waals surface area contributed by atoms with Gasteiger partial charge in [0, 0.05) is 5.56 Å². The van der Waals surface area contributed by atoms with Crippen LogP contribution in [0.2, 0.25) is 0 Å². The van der Waals surface area contributed by atoms with Crippen molar-refractivity contribution in [2.45, 2.75) is 32.6 Å². The summed E-state index contributed by atoms with van der Waals surface area (Å²) in [7, 11) is 0. The number of carbonyl (C=O) groups excluding carboxylic acids is 1. The molecule has 3 aromatic rings. The van der Waals surface area contributed by atoms with E-state index in [2.05, 4.69) is 16.9 Å². The predicted molar refractivity (Wildman–Crippen MR) is 108 cm³/mol. The van der Waals surface area contributed by atoms with E-state index in [1.807, 2.05) is 0 Å². The van der Waals surface area contributed by atoms with Crippen molar-refractivity contribution in [1.29, 1.82) is 0 Å². The lowest BCUT2D eigenvalue weighted by Gasteiger charge is -2.07. The molecule has 0 aliphatic rings. The minimum Gasteiger partial charge on any atom is -0.490 e. The highest BCUT2D eigenvalue weighted by Gasteiger charge is 2.09. The molecular formula is C23H23FN2O3. The number of halogens is 1. The van der Waals surface area contributed by atoms with Crippen LogP contribution >= 0.6 is 0 Å². The molecule has 0 N–H and O–H groups in total. The van der Waals surface area contributed by atoms with E-state index in [-0.39, 0.29) is 5.56 Å². The summed E-state index contributed by atoms with van der Waals surface area (Å²) in [4.78, 5) is 20.7. The highest BCUT2D eigenvalue weighted by atomic mass is 19.1. The Morgan fingerprint density at radius 2 is 1.59 bits per heavy atom. The van der Waals surface area contributed by atoms with Gasteiger partial charge in [0.2, 0.25) is 0 Å². The summed E-state index contributed by atoms with van der Waals surface area (Å²) in [5.74, 6) is 0.637. The maximum atomic E-state index is 12.9. The maximum Gasteiger partial charge on any atom is 0.343 e. The van der Waals surface area contributed by atoms with Gasteiger partial charge >= 0.3 is 5.97 Å². The zero-order valence-corrected chi connectivity index (χ0v) is 16.3. The first-order chi connectivity index (χ1) is 14.2. The number of rotatable bonds is 9. The number of benzene rings is 2. The SMILES string of the molecule is CCCCCCOc1cnc(-c2ccc(OC(=O)c3ccc(F)cc3)cc2)nc1. The maximum absolute atomic E-state index is 12.9. The Bertz CT molecular complexity index is 910. The molecule has 0 saturated heterocycles. The van der Waals surface area contributed by atoms with Crippen LogP contribution in [0.1, 0.15) is 43.0 Å². The van der Waals surface area contributed by atoms with Crippen LogP contribution in [0.15, 0.2) is 60.9 Å².